The number of hydrogen-bond acceptors (Lipinski definition) is 5. The number of carbonyl (C=O) groups is 2. The van der Waals surface area contributed by atoms with Crippen molar-refractivity contribution >= 4 is 23.8 Å². The van der Waals surface area contributed by atoms with E-state index in [1.807, 2.05) is 17.0 Å². The third kappa shape index (κ3) is 4.23. The minimum atomic E-state index is -0.0688. The van der Waals surface area contributed by atoms with Gasteiger partial charge in [0, 0.05) is 45.7 Å². The van der Waals surface area contributed by atoms with E-state index in [9.17, 15) is 9.59 Å². The molecular weight excluding hydrogens is 306 g/mol. The Morgan fingerprint density at radius 2 is 2.00 bits per heavy atom. The Kier molecular flexibility index (Phi) is 5.63. The highest BCUT2D eigenvalue weighted by Gasteiger charge is 2.20. The zero-order valence-electron chi connectivity index (χ0n) is 13.9. The van der Waals surface area contributed by atoms with E-state index in [4.69, 9.17) is 0 Å². The molecule has 2 aliphatic heterocycles. The normalized spacial score (nSPS) is 19.2. The molecule has 0 aliphatic carbocycles. The minimum Gasteiger partial charge on any atom is -0.357 e. The lowest BCUT2D eigenvalue weighted by molar-refractivity contribution is -0.108. The molecule has 0 atom stereocenters. The summed E-state index contributed by atoms with van der Waals surface area (Å²) in [5.74, 6) is 1.44. The summed E-state index contributed by atoms with van der Waals surface area (Å²) in [6, 6.07) is 3.79. The first kappa shape index (κ1) is 16.7. The van der Waals surface area contributed by atoms with Crippen molar-refractivity contribution in [2.24, 2.45) is 5.92 Å². The van der Waals surface area contributed by atoms with Gasteiger partial charge in [-0.2, -0.15) is 0 Å². The third-order valence-electron chi connectivity index (χ3n) is 4.77. The van der Waals surface area contributed by atoms with Crippen LogP contribution in [-0.4, -0.2) is 61.5 Å². The number of amides is 2. The number of piperidine rings is 1. The average molecular weight is 331 g/mol. The maximum atomic E-state index is 12.2. The molecule has 3 heterocycles. The van der Waals surface area contributed by atoms with Crippen LogP contribution in [0, 0.1) is 5.92 Å². The van der Waals surface area contributed by atoms with Crippen molar-refractivity contribution < 1.29 is 9.59 Å². The number of hydrogen-bond donors (Lipinski definition) is 2. The maximum Gasteiger partial charge on any atom is 0.321 e. The Morgan fingerprint density at radius 3 is 2.62 bits per heavy atom. The smallest absolute Gasteiger partial charge is 0.321 e. The molecule has 0 unspecified atom stereocenters. The van der Waals surface area contributed by atoms with Crippen LogP contribution in [0.3, 0.4) is 0 Å². The van der Waals surface area contributed by atoms with Crippen LogP contribution in [0.1, 0.15) is 19.3 Å². The van der Waals surface area contributed by atoms with Crippen molar-refractivity contribution in [3.05, 3.63) is 18.3 Å². The molecule has 7 heteroatoms. The average Bonchev–Trinajstić information content (AvgIpc) is 2.64. The van der Waals surface area contributed by atoms with Crippen molar-refractivity contribution in [2.45, 2.75) is 19.3 Å². The van der Waals surface area contributed by atoms with Gasteiger partial charge >= 0.3 is 6.03 Å². The van der Waals surface area contributed by atoms with E-state index in [1.54, 1.807) is 6.20 Å². The van der Waals surface area contributed by atoms with Crippen LogP contribution in [0.25, 0.3) is 0 Å². The number of urea groups is 1. The Labute approximate surface area is 142 Å². The molecule has 2 N–H and O–H groups in total. The summed E-state index contributed by atoms with van der Waals surface area (Å²) in [6.45, 7) is 4.99. The topological polar surface area (TPSA) is 77.6 Å². The monoisotopic (exact) mass is 331 g/mol. The molecule has 3 rings (SSSR count). The molecule has 0 radical (unpaired) electrons. The van der Waals surface area contributed by atoms with Gasteiger partial charge < -0.3 is 25.2 Å². The minimum absolute atomic E-state index is 0.0688. The second kappa shape index (κ2) is 8.10. The van der Waals surface area contributed by atoms with Crippen LogP contribution in [0.5, 0.6) is 0 Å². The fourth-order valence-corrected chi connectivity index (χ4v) is 3.25. The Balaban J connectivity index is 1.52. The van der Waals surface area contributed by atoms with Crippen LogP contribution in [0.4, 0.5) is 16.3 Å². The van der Waals surface area contributed by atoms with Gasteiger partial charge in [0.25, 0.3) is 0 Å². The zero-order valence-corrected chi connectivity index (χ0v) is 13.9. The molecule has 1 aromatic heterocycles. The van der Waals surface area contributed by atoms with Gasteiger partial charge in [0.05, 0.1) is 11.9 Å². The zero-order chi connectivity index (χ0) is 16.8. The number of aldehydes is 1. The highest BCUT2D eigenvalue weighted by atomic mass is 16.2. The van der Waals surface area contributed by atoms with Crippen molar-refractivity contribution in [3.8, 4) is 0 Å². The molecule has 0 bridgehead atoms. The van der Waals surface area contributed by atoms with Crippen LogP contribution >= 0.6 is 0 Å². The Hall–Kier alpha value is -2.15. The van der Waals surface area contributed by atoms with Crippen molar-refractivity contribution in [3.63, 3.8) is 0 Å². The number of pyridine rings is 1. The number of nitrogens with one attached hydrogen (secondary N) is 2. The van der Waals surface area contributed by atoms with E-state index in [2.05, 4.69) is 20.5 Å². The SMILES string of the molecule is O=CCC1CCN(c2ccc(NC(=O)N3CCNCC3)cn2)CC1. The molecule has 2 fully saturated rings. The van der Waals surface area contributed by atoms with Gasteiger partial charge in [-0.05, 0) is 30.9 Å². The van der Waals surface area contributed by atoms with Crippen LogP contribution in [-0.2, 0) is 4.79 Å². The van der Waals surface area contributed by atoms with Gasteiger partial charge in [0.15, 0.2) is 0 Å². The second-order valence-electron chi connectivity index (χ2n) is 6.41. The first-order valence-corrected chi connectivity index (χ1v) is 8.67. The summed E-state index contributed by atoms with van der Waals surface area (Å²) in [4.78, 5) is 31.3. The van der Waals surface area contributed by atoms with Gasteiger partial charge in [0.2, 0.25) is 0 Å². The van der Waals surface area contributed by atoms with Crippen molar-refractivity contribution in [2.75, 3.05) is 49.5 Å². The maximum absolute atomic E-state index is 12.2. The van der Waals surface area contributed by atoms with Gasteiger partial charge in [-0.1, -0.05) is 0 Å². The van der Waals surface area contributed by atoms with Gasteiger partial charge in [0.1, 0.15) is 12.1 Å². The molecule has 1 aromatic rings. The van der Waals surface area contributed by atoms with E-state index < -0.39 is 0 Å². The molecule has 0 spiro atoms. The lowest BCUT2D eigenvalue weighted by atomic mass is 9.94. The number of rotatable bonds is 4. The third-order valence-corrected chi connectivity index (χ3v) is 4.77. The molecule has 2 amide bonds. The second-order valence-corrected chi connectivity index (χ2v) is 6.41. The lowest BCUT2D eigenvalue weighted by Gasteiger charge is -2.32. The molecule has 2 saturated heterocycles. The molecule has 7 nitrogen and oxygen atoms in total. The van der Waals surface area contributed by atoms with E-state index in [0.29, 0.717) is 12.3 Å². The predicted octanol–water partition coefficient (Wildman–Crippen LogP) is 1.32. The Morgan fingerprint density at radius 1 is 1.25 bits per heavy atom. The van der Waals surface area contributed by atoms with Crippen molar-refractivity contribution in [1.82, 2.24) is 15.2 Å². The highest BCUT2D eigenvalue weighted by molar-refractivity contribution is 5.89. The molecule has 130 valence electrons. The highest BCUT2D eigenvalue weighted by Crippen LogP contribution is 2.24. The van der Waals surface area contributed by atoms with Crippen LogP contribution < -0.4 is 15.5 Å². The van der Waals surface area contributed by atoms with Gasteiger partial charge in [-0.25, -0.2) is 9.78 Å². The molecule has 24 heavy (non-hydrogen) atoms. The fourth-order valence-electron chi connectivity index (χ4n) is 3.25. The number of anilines is 2. The van der Waals surface area contributed by atoms with Crippen molar-refractivity contribution in [1.29, 1.82) is 0 Å². The fraction of sp³-hybridized carbons (Fsp3) is 0.588. The molecular formula is C17H25N5O2. The summed E-state index contributed by atoms with van der Waals surface area (Å²) in [6.07, 6.45) is 5.46. The molecule has 0 saturated carbocycles. The number of carbonyl (C=O) groups excluding carboxylic acids is 2. The molecule has 0 aromatic carbocycles. The largest absolute Gasteiger partial charge is 0.357 e. The number of nitrogens with zero attached hydrogens (tertiary/aromatic N) is 3. The van der Waals surface area contributed by atoms with Gasteiger partial charge in [-0.3, -0.25) is 0 Å². The summed E-state index contributed by atoms with van der Waals surface area (Å²) in [5, 5.41) is 6.13. The molecule has 2 aliphatic rings. The first-order valence-electron chi connectivity index (χ1n) is 8.67. The van der Waals surface area contributed by atoms with E-state index in [0.717, 1.165) is 69.9 Å². The lowest BCUT2D eigenvalue weighted by Crippen LogP contribution is -2.48. The number of aromatic nitrogens is 1. The van der Waals surface area contributed by atoms with E-state index in [-0.39, 0.29) is 6.03 Å². The first-order chi connectivity index (χ1) is 11.8. The number of piperazine rings is 1. The predicted molar refractivity (Wildman–Crippen MR) is 93.3 cm³/mol. The Bertz CT molecular complexity index is 549. The summed E-state index contributed by atoms with van der Waals surface area (Å²) in [5.41, 5.74) is 0.720. The summed E-state index contributed by atoms with van der Waals surface area (Å²) >= 11 is 0. The van der Waals surface area contributed by atoms with E-state index >= 15 is 0 Å². The summed E-state index contributed by atoms with van der Waals surface area (Å²) < 4.78 is 0. The van der Waals surface area contributed by atoms with Crippen LogP contribution in [0.15, 0.2) is 18.3 Å². The van der Waals surface area contributed by atoms with Gasteiger partial charge in [-0.15, -0.1) is 0 Å². The quantitative estimate of drug-likeness (QED) is 0.814. The summed E-state index contributed by atoms with van der Waals surface area (Å²) in [7, 11) is 0. The van der Waals surface area contributed by atoms with Crippen LogP contribution in [0.2, 0.25) is 0 Å². The standard InChI is InChI=1S/C17H25N5O2/c23-12-5-14-3-8-21(9-4-14)16-2-1-15(13-19-16)20-17(24)22-10-6-18-7-11-22/h1-2,12-14,18H,3-11H2,(H,20,24). The van der Waals surface area contributed by atoms with E-state index in [1.165, 1.54) is 0 Å².